The molecule has 1 rings (SSSR count). The molecule has 1 aromatic carbocycles. The number of hydrogen-bond acceptors (Lipinski definition) is 2. The van der Waals surface area contributed by atoms with E-state index in [-0.39, 0.29) is 12.1 Å². The summed E-state index contributed by atoms with van der Waals surface area (Å²) in [6, 6.07) is 9.75. The van der Waals surface area contributed by atoms with E-state index >= 15 is 0 Å². The Hall–Kier alpha value is -0.830. The number of ether oxygens (including phenoxy) is 1. The van der Waals surface area contributed by atoms with Gasteiger partial charge in [0.25, 0.3) is 0 Å². The molecule has 0 saturated carbocycles. The predicted molar refractivity (Wildman–Crippen MR) is 64.0 cm³/mol. The smallest absolute Gasteiger partial charge is 0.306 e. The highest BCUT2D eigenvalue weighted by Crippen LogP contribution is 2.16. The number of benzene rings is 1. The van der Waals surface area contributed by atoms with Crippen LogP contribution in [0.3, 0.4) is 0 Å². The van der Waals surface area contributed by atoms with Crippen molar-refractivity contribution in [3.8, 4) is 0 Å². The van der Waals surface area contributed by atoms with Gasteiger partial charge in [0.2, 0.25) is 0 Å². The second-order valence-corrected chi connectivity index (χ2v) is 4.13. The third-order valence-corrected chi connectivity index (χ3v) is 2.65. The summed E-state index contributed by atoms with van der Waals surface area (Å²) in [7, 11) is 0. The molecule has 0 unspecified atom stereocenters. The van der Waals surface area contributed by atoms with E-state index in [9.17, 15) is 4.79 Å². The van der Waals surface area contributed by atoms with Gasteiger partial charge in [0.05, 0.1) is 0 Å². The van der Waals surface area contributed by atoms with Crippen LogP contribution in [-0.4, -0.2) is 11.3 Å². The first-order valence-corrected chi connectivity index (χ1v) is 6.16. The molecule has 0 N–H and O–H groups in total. The lowest BCUT2D eigenvalue weighted by Gasteiger charge is -2.13. The molecule has 0 aliphatic carbocycles. The van der Waals surface area contributed by atoms with Gasteiger partial charge in [0.15, 0.2) is 0 Å². The van der Waals surface area contributed by atoms with Gasteiger partial charge in [-0.15, -0.1) is 0 Å². The second kappa shape index (κ2) is 6.62. The topological polar surface area (TPSA) is 26.3 Å². The molecule has 0 radical (unpaired) electrons. The van der Waals surface area contributed by atoms with Crippen LogP contribution in [0.5, 0.6) is 0 Å². The van der Waals surface area contributed by atoms with Crippen molar-refractivity contribution in [1.82, 2.24) is 0 Å². The summed E-state index contributed by atoms with van der Waals surface area (Å²) < 4.78 is 5.28. The van der Waals surface area contributed by atoms with Gasteiger partial charge in [0, 0.05) is 11.8 Å². The highest BCUT2D eigenvalue weighted by molar-refractivity contribution is 9.09. The average Bonchev–Trinajstić information content (AvgIpc) is 2.27. The van der Waals surface area contributed by atoms with Gasteiger partial charge in [-0.2, -0.15) is 0 Å². The van der Waals surface area contributed by atoms with Crippen molar-refractivity contribution in [2.24, 2.45) is 0 Å². The normalized spacial score (nSPS) is 12.1. The van der Waals surface area contributed by atoms with Crippen LogP contribution in [0.15, 0.2) is 30.3 Å². The molecule has 2 nitrogen and oxygen atoms in total. The maximum absolute atomic E-state index is 11.3. The lowest BCUT2D eigenvalue weighted by Crippen LogP contribution is -2.08. The zero-order valence-electron chi connectivity index (χ0n) is 8.78. The van der Waals surface area contributed by atoms with Gasteiger partial charge in [-0.3, -0.25) is 4.79 Å². The van der Waals surface area contributed by atoms with Gasteiger partial charge in [-0.25, -0.2) is 0 Å². The van der Waals surface area contributed by atoms with Crippen LogP contribution < -0.4 is 0 Å². The summed E-state index contributed by atoms with van der Waals surface area (Å²) in [4.78, 5) is 11.3. The molecule has 0 bridgehead atoms. The molecule has 3 heteroatoms. The fraction of sp³-hybridized carbons (Fsp3) is 0.417. The molecule has 0 aliphatic heterocycles. The zero-order chi connectivity index (χ0) is 11.1. The van der Waals surface area contributed by atoms with E-state index in [0.717, 1.165) is 17.3 Å². The SMILES string of the molecule is C[C@@H](OC(=O)CCCBr)c1ccccc1. The van der Waals surface area contributed by atoms with Crippen molar-refractivity contribution in [1.29, 1.82) is 0 Å². The van der Waals surface area contributed by atoms with E-state index in [0.29, 0.717) is 6.42 Å². The molecule has 0 amide bonds. The third-order valence-electron chi connectivity index (χ3n) is 2.09. The van der Waals surface area contributed by atoms with Gasteiger partial charge >= 0.3 is 5.97 Å². The highest BCUT2D eigenvalue weighted by Gasteiger charge is 2.10. The summed E-state index contributed by atoms with van der Waals surface area (Å²) in [5, 5.41) is 0.835. The van der Waals surface area contributed by atoms with Crippen LogP contribution in [0, 0.1) is 0 Å². The quantitative estimate of drug-likeness (QED) is 0.605. The van der Waals surface area contributed by atoms with Crippen molar-refractivity contribution in [2.75, 3.05) is 5.33 Å². The van der Waals surface area contributed by atoms with Crippen LogP contribution in [0.2, 0.25) is 0 Å². The number of carbonyl (C=O) groups is 1. The molecule has 0 heterocycles. The summed E-state index contributed by atoms with van der Waals surface area (Å²) in [5.74, 6) is -0.134. The first-order chi connectivity index (χ1) is 7.24. The average molecular weight is 271 g/mol. The van der Waals surface area contributed by atoms with E-state index in [2.05, 4.69) is 15.9 Å². The summed E-state index contributed by atoms with van der Waals surface area (Å²) >= 11 is 3.28. The van der Waals surface area contributed by atoms with Gasteiger partial charge < -0.3 is 4.74 Å². The molecule has 0 saturated heterocycles. The third kappa shape index (κ3) is 4.47. The van der Waals surface area contributed by atoms with Crippen molar-refractivity contribution in [2.45, 2.75) is 25.9 Å². The Bertz CT molecular complexity index is 298. The minimum absolute atomic E-state index is 0.134. The second-order valence-electron chi connectivity index (χ2n) is 3.34. The van der Waals surface area contributed by atoms with E-state index in [1.165, 1.54) is 0 Å². The Morgan fingerprint density at radius 1 is 1.40 bits per heavy atom. The largest absolute Gasteiger partial charge is 0.458 e. The Balaban J connectivity index is 2.42. The molecular formula is C12H15BrO2. The molecule has 0 spiro atoms. The Morgan fingerprint density at radius 2 is 2.07 bits per heavy atom. The molecule has 0 aliphatic rings. The summed E-state index contributed by atoms with van der Waals surface area (Å²) in [5.41, 5.74) is 1.03. The van der Waals surface area contributed by atoms with Crippen LogP contribution in [0.25, 0.3) is 0 Å². The fourth-order valence-corrected chi connectivity index (χ4v) is 1.54. The number of rotatable bonds is 5. The standard InChI is InChI=1S/C12H15BrO2/c1-10(11-6-3-2-4-7-11)15-12(14)8-5-9-13/h2-4,6-7,10H,5,8-9H2,1H3/t10-/m1/s1. The Kier molecular flexibility index (Phi) is 5.40. The van der Waals surface area contributed by atoms with Crippen LogP contribution in [0.1, 0.15) is 31.4 Å². The monoisotopic (exact) mass is 270 g/mol. The number of carbonyl (C=O) groups excluding carboxylic acids is 1. The van der Waals surface area contributed by atoms with Gasteiger partial charge in [-0.05, 0) is 18.9 Å². The van der Waals surface area contributed by atoms with Crippen molar-refractivity contribution in [3.63, 3.8) is 0 Å². The number of hydrogen-bond donors (Lipinski definition) is 0. The zero-order valence-corrected chi connectivity index (χ0v) is 10.4. The van der Waals surface area contributed by atoms with Crippen molar-refractivity contribution < 1.29 is 9.53 Å². The minimum atomic E-state index is -0.158. The van der Waals surface area contributed by atoms with E-state index < -0.39 is 0 Å². The van der Waals surface area contributed by atoms with E-state index in [1.54, 1.807) is 0 Å². The molecule has 1 aromatic rings. The van der Waals surface area contributed by atoms with Crippen molar-refractivity contribution in [3.05, 3.63) is 35.9 Å². The molecule has 1 atom stereocenters. The van der Waals surface area contributed by atoms with Crippen LogP contribution in [0.4, 0.5) is 0 Å². The lowest BCUT2D eigenvalue weighted by molar-refractivity contribution is -0.148. The van der Waals surface area contributed by atoms with Gasteiger partial charge in [-0.1, -0.05) is 46.3 Å². The number of esters is 1. The minimum Gasteiger partial charge on any atom is -0.458 e. The Morgan fingerprint density at radius 3 is 2.67 bits per heavy atom. The summed E-state index contributed by atoms with van der Waals surface area (Å²) in [6.45, 7) is 1.89. The highest BCUT2D eigenvalue weighted by atomic mass is 79.9. The molecule has 82 valence electrons. The van der Waals surface area contributed by atoms with Crippen LogP contribution >= 0.6 is 15.9 Å². The Labute approximate surface area is 98.8 Å². The van der Waals surface area contributed by atoms with Crippen molar-refractivity contribution >= 4 is 21.9 Å². The first kappa shape index (κ1) is 12.2. The first-order valence-electron chi connectivity index (χ1n) is 5.04. The van der Waals surface area contributed by atoms with E-state index in [1.807, 2.05) is 37.3 Å². The predicted octanol–water partition coefficient (Wildman–Crippen LogP) is 3.47. The maximum atomic E-state index is 11.3. The molecule has 0 fully saturated rings. The maximum Gasteiger partial charge on any atom is 0.306 e. The molecule has 0 aromatic heterocycles. The van der Waals surface area contributed by atoms with Gasteiger partial charge in [0.1, 0.15) is 6.10 Å². The molecule has 15 heavy (non-hydrogen) atoms. The van der Waals surface area contributed by atoms with Crippen LogP contribution in [-0.2, 0) is 9.53 Å². The summed E-state index contributed by atoms with van der Waals surface area (Å²) in [6.07, 6.45) is 1.14. The number of alkyl halides is 1. The number of halogens is 1. The lowest BCUT2D eigenvalue weighted by atomic mass is 10.1. The fourth-order valence-electron chi connectivity index (χ4n) is 1.26. The van der Waals surface area contributed by atoms with E-state index in [4.69, 9.17) is 4.74 Å². The molecular weight excluding hydrogens is 256 g/mol.